The molecule has 204 valence electrons. The third-order valence-corrected chi connectivity index (χ3v) is 7.15. The van der Waals surface area contributed by atoms with Crippen LogP contribution >= 0.6 is 11.6 Å². The second-order valence-electron chi connectivity index (χ2n) is 9.77. The number of halogens is 1. The van der Waals surface area contributed by atoms with Crippen molar-refractivity contribution in [3.05, 3.63) is 23.1 Å². The van der Waals surface area contributed by atoms with Crippen LogP contribution in [0.2, 0.25) is 5.02 Å². The fourth-order valence-electron chi connectivity index (χ4n) is 4.64. The normalized spacial score (nSPS) is 19.6. The van der Waals surface area contributed by atoms with Gasteiger partial charge in [-0.25, -0.2) is 14.8 Å². The molecule has 12 heteroatoms. The first-order valence-corrected chi connectivity index (χ1v) is 13.5. The molecule has 2 aromatic heterocycles. The lowest BCUT2D eigenvalue weighted by atomic mass is 9.91. The lowest BCUT2D eigenvalue weighted by Gasteiger charge is -2.29. The highest BCUT2D eigenvalue weighted by molar-refractivity contribution is 6.32. The molecule has 11 nitrogen and oxygen atoms in total. The summed E-state index contributed by atoms with van der Waals surface area (Å²) in [6, 6.07) is 0.804. The van der Waals surface area contributed by atoms with Gasteiger partial charge in [0.15, 0.2) is 0 Å². The van der Waals surface area contributed by atoms with Crippen molar-refractivity contribution in [1.82, 2.24) is 30.4 Å². The van der Waals surface area contributed by atoms with Gasteiger partial charge in [0.2, 0.25) is 5.95 Å². The van der Waals surface area contributed by atoms with E-state index >= 15 is 0 Å². The summed E-state index contributed by atoms with van der Waals surface area (Å²) < 4.78 is 12.8. The second-order valence-corrected chi connectivity index (χ2v) is 10.2. The highest BCUT2D eigenvalue weighted by atomic mass is 35.5. The van der Waals surface area contributed by atoms with Gasteiger partial charge in [0.05, 0.1) is 49.5 Å². The monoisotopic (exact) mass is 535 g/mol. The summed E-state index contributed by atoms with van der Waals surface area (Å²) in [7, 11) is 1.98. The Bertz CT molecular complexity index is 1010. The zero-order valence-electron chi connectivity index (χ0n) is 21.4. The van der Waals surface area contributed by atoms with E-state index in [1.54, 1.807) is 6.20 Å². The molecule has 0 bridgehead atoms. The van der Waals surface area contributed by atoms with Crippen LogP contribution in [-0.4, -0.2) is 82.5 Å². The van der Waals surface area contributed by atoms with Gasteiger partial charge in [0.25, 0.3) is 0 Å². The molecule has 0 saturated heterocycles. The van der Waals surface area contributed by atoms with Crippen LogP contribution in [0.25, 0.3) is 11.3 Å². The smallest absolute Gasteiger partial charge is 0.404 e. The topological polar surface area (TPSA) is 135 Å². The van der Waals surface area contributed by atoms with Crippen molar-refractivity contribution in [2.24, 2.45) is 13.0 Å². The third-order valence-electron chi connectivity index (χ3n) is 6.87. The Morgan fingerprint density at radius 2 is 1.76 bits per heavy atom. The van der Waals surface area contributed by atoms with Crippen molar-refractivity contribution < 1.29 is 19.4 Å². The quantitative estimate of drug-likeness (QED) is 0.254. The highest BCUT2D eigenvalue weighted by Gasteiger charge is 2.26. The molecule has 0 radical (unpaired) electrons. The van der Waals surface area contributed by atoms with Gasteiger partial charge in [-0.3, -0.25) is 4.68 Å². The third kappa shape index (κ3) is 8.80. The molecule has 2 aromatic rings. The van der Waals surface area contributed by atoms with E-state index in [-0.39, 0.29) is 6.54 Å². The summed E-state index contributed by atoms with van der Waals surface area (Å²) in [6.45, 7) is 2.99. The van der Waals surface area contributed by atoms with Gasteiger partial charge >= 0.3 is 6.09 Å². The second kappa shape index (κ2) is 13.9. The molecule has 4 N–H and O–H groups in total. The number of nitrogens with one attached hydrogen (secondary N) is 3. The first-order chi connectivity index (χ1) is 18.0. The molecule has 1 amide bonds. The van der Waals surface area contributed by atoms with Crippen molar-refractivity contribution in [1.29, 1.82) is 0 Å². The maximum atomic E-state index is 10.3. The zero-order chi connectivity index (χ0) is 26.0. The Balaban J connectivity index is 1.14. The van der Waals surface area contributed by atoms with E-state index in [2.05, 4.69) is 26.0 Å². The van der Waals surface area contributed by atoms with E-state index < -0.39 is 6.09 Å². The average Bonchev–Trinajstić information content (AvgIpc) is 3.64. The van der Waals surface area contributed by atoms with Gasteiger partial charge in [0, 0.05) is 43.5 Å². The van der Waals surface area contributed by atoms with Gasteiger partial charge in [-0.15, -0.1) is 0 Å². The minimum absolute atomic E-state index is 0.283. The number of aryl methyl sites for hydroxylation is 1. The van der Waals surface area contributed by atoms with Crippen LogP contribution in [0.3, 0.4) is 0 Å². The fraction of sp³-hybridized carbons (Fsp3) is 0.680. The van der Waals surface area contributed by atoms with Crippen molar-refractivity contribution in [2.45, 2.75) is 57.0 Å². The standard InChI is InChI=1S/C25H38ClN7O4/c1-33-22(14-17-2-3-17)20(15-30-33)23-21(26)16-29-24(32-23)31-19-6-4-18(5-7-19)27-8-10-36-12-13-37-11-9-28-25(34)35/h15-19,27-28H,2-14H2,1H3,(H,34,35)(H,29,31,32). The summed E-state index contributed by atoms with van der Waals surface area (Å²) in [6.07, 6.45) is 10.3. The SMILES string of the molecule is Cn1ncc(-c2nc(NC3CCC(NCCOCCOCCNC(=O)O)CC3)ncc2Cl)c1CC1CC1. The molecule has 0 atom stereocenters. The number of nitrogens with zero attached hydrogens (tertiary/aromatic N) is 4. The van der Waals surface area contributed by atoms with Crippen LogP contribution in [0.15, 0.2) is 12.4 Å². The van der Waals surface area contributed by atoms with Crippen LogP contribution < -0.4 is 16.0 Å². The molecule has 2 fully saturated rings. The Kier molecular flexibility index (Phi) is 10.4. The number of aromatic nitrogens is 4. The molecule has 0 unspecified atom stereocenters. The number of carboxylic acid groups (broad SMARTS) is 1. The first-order valence-electron chi connectivity index (χ1n) is 13.2. The zero-order valence-corrected chi connectivity index (χ0v) is 22.2. The first kappa shape index (κ1) is 27.6. The van der Waals surface area contributed by atoms with Gasteiger partial charge in [-0.05, 0) is 50.9 Å². The van der Waals surface area contributed by atoms with Crippen molar-refractivity contribution in [3.63, 3.8) is 0 Å². The molecule has 2 saturated carbocycles. The molecule has 2 heterocycles. The van der Waals surface area contributed by atoms with E-state index in [1.807, 2.05) is 17.9 Å². The summed E-state index contributed by atoms with van der Waals surface area (Å²) in [5.41, 5.74) is 2.94. The van der Waals surface area contributed by atoms with Crippen LogP contribution in [0.5, 0.6) is 0 Å². The minimum Gasteiger partial charge on any atom is -0.465 e. The molecular formula is C25H38ClN7O4. The van der Waals surface area contributed by atoms with E-state index in [1.165, 1.54) is 18.5 Å². The van der Waals surface area contributed by atoms with Crippen molar-refractivity contribution in [3.8, 4) is 11.3 Å². The predicted octanol–water partition coefficient (Wildman–Crippen LogP) is 3.10. The van der Waals surface area contributed by atoms with Crippen molar-refractivity contribution in [2.75, 3.05) is 44.8 Å². The molecular weight excluding hydrogens is 498 g/mol. The molecule has 37 heavy (non-hydrogen) atoms. The number of hydrogen-bond donors (Lipinski definition) is 4. The van der Waals surface area contributed by atoms with E-state index in [0.29, 0.717) is 49.5 Å². The van der Waals surface area contributed by atoms with Crippen LogP contribution in [-0.2, 0) is 22.9 Å². The Labute approximate surface area is 222 Å². The maximum absolute atomic E-state index is 10.3. The molecule has 0 aromatic carbocycles. The molecule has 2 aliphatic rings. The number of carbonyl (C=O) groups is 1. The predicted molar refractivity (Wildman–Crippen MR) is 141 cm³/mol. The van der Waals surface area contributed by atoms with Gasteiger partial charge < -0.3 is 30.5 Å². The summed E-state index contributed by atoms with van der Waals surface area (Å²) >= 11 is 6.51. The Morgan fingerprint density at radius 1 is 1.05 bits per heavy atom. The molecule has 0 aliphatic heterocycles. The van der Waals surface area contributed by atoms with E-state index in [9.17, 15) is 4.79 Å². The number of amides is 1. The summed E-state index contributed by atoms with van der Waals surface area (Å²) in [5, 5.41) is 22.8. The lowest BCUT2D eigenvalue weighted by molar-refractivity contribution is 0.0489. The number of rotatable bonds is 15. The van der Waals surface area contributed by atoms with Crippen LogP contribution in [0.1, 0.15) is 44.2 Å². The van der Waals surface area contributed by atoms with E-state index in [0.717, 1.165) is 55.8 Å². The maximum Gasteiger partial charge on any atom is 0.404 e. The summed E-state index contributed by atoms with van der Waals surface area (Å²) in [5.74, 6) is 1.36. The van der Waals surface area contributed by atoms with Gasteiger partial charge in [0.1, 0.15) is 0 Å². The molecule has 4 rings (SSSR count). The Hall–Kier alpha value is -2.47. The average molecular weight is 536 g/mol. The minimum atomic E-state index is -1.04. The van der Waals surface area contributed by atoms with E-state index in [4.69, 9.17) is 31.2 Å². The molecule has 2 aliphatic carbocycles. The van der Waals surface area contributed by atoms with Crippen LogP contribution in [0, 0.1) is 5.92 Å². The fourth-order valence-corrected chi connectivity index (χ4v) is 4.83. The number of ether oxygens (including phenoxy) is 2. The largest absolute Gasteiger partial charge is 0.465 e. The number of hydrogen-bond acceptors (Lipinski definition) is 8. The lowest BCUT2D eigenvalue weighted by Crippen LogP contribution is -2.38. The van der Waals surface area contributed by atoms with Gasteiger partial charge in [-0.1, -0.05) is 11.6 Å². The van der Waals surface area contributed by atoms with Crippen molar-refractivity contribution >= 4 is 23.6 Å². The van der Waals surface area contributed by atoms with Crippen LogP contribution in [0.4, 0.5) is 10.7 Å². The number of anilines is 1. The summed E-state index contributed by atoms with van der Waals surface area (Å²) in [4.78, 5) is 19.6. The molecule has 0 spiro atoms. The highest BCUT2D eigenvalue weighted by Crippen LogP contribution is 2.37. The Morgan fingerprint density at radius 3 is 2.46 bits per heavy atom. The van der Waals surface area contributed by atoms with Gasteiger partial charge in [-0.2, -0.15) is 5.10 Å².